The molecule has 2 nitrogen and oxygen atoms in total. The summed E-state index contributed by atoms with van der Waals surface area (Å²) in [4.78, 5) is 11.7. The Morgan fingerprint density at radius 3 is 2.62 bits per heavy atom. The van der Waals surface area contributed by atoms with Gasteiger partial charge in [-0.1, -0.05) is 18.2 Å². The molecule has 0 aliphatic carbocycles. The van der Waals surface area contributed by atoms with E-state index in [4.69, 9.17) is 17.4 Å². The number of hydrogen-bond acceptors (Lipinski definition) is 3. The van der Waals surface area contributed by atoms with E-state index in [2.05, 4.69) is 0 Å². The summed E-state index contributed by atoms with van der Waals surface area (Å²) in [6, 6.07) is 6.94. The molecule has 0 radical (unpaired) electrons. The average Bonchev–Trinajstić information content (AvgIpc) is 2.05. The van der Waals surface area contributed by atoms with Crippen molar-refractivity contribution in [1.82, 2.24) is 0 Å². The van der Waals surface area contributed by atoms with Crippen LogP contribution in [0.3, 0.4) is 0 Å². The van der Waals surface area contributed by atoms with Gasteiger partial charge in [0.25, 0.3) is 0 Å². The predicted octanol–water partition coefficient (Wildman–Crippen LogP) is -1.23. The van der Waals surface area contributed by atoms with E-state index in [1.807, 2.05) is 0 Å². The van der Waals surface area contributed by atoms with Crippen LogP contribution < -0.4 is 29.6 Å². The fourth-order valence-electron chi connectivity index (χ4n) is 0.844. The summed E-state index contributed by atoms with van der Waals surface area (Å²) in [5.74, 6) is -0.344. The van der Waals surface area contributed by atoms with Gasteiger partial charge in [-0.15, -0.1) is 0 Å². The third-order valence-electron chi connectivity index (χ3n) is 1.38. The van der Waals surface area contributed by atoms with Crippen molar-refractivity contribution in [3.63, 3.8) is 0 Å². The summed E-state index contributed by atoms with van der Waals surface area (Å²) in [5.41, 5.74) is 0.467. The number of benzene rings is 1. The van der Waals surface area contributed by atoms with E-state index in [0.717, 1.165) is 0 Å². The van der Waals surface area contributed by atoms with Crippen molar-refractivity contribution in [2.75, 3.05) is 6.61 Å². The first-order valence-electron chi connectivity index (χ1n) is 3.69. The molecule has 0 atom stereocenters. The maximum absolute atomic E-state index is 11.2. The van der Waals surface area contributed by atoms with Gasteiger partial charge >= 0.3 is 35.5 Å². The molecule has 0 amide bonds. The van der Waals surface area contributed by atoms with Crippen molar-refractivity contribution in [2.45, 2.75) is 11.8 Å². The summed E-state index contributed by atoms with van der Waals surface area (Å²) < 4.78 is 4.80. The second-order valence-corrected chi connectivity index (χ2v) is 2.66. The van der Waals surface area contributed by atoms with Crippen molar-refractivity contribution in [3.05, 3.63) is 29.8 Å². The predicted molar refractivity (Wildman–Crippen MR) is 48.0 cm³/mol. The molecule has 0 saturated heterocycles. The van der Waals surface area contributed by atoms with Gasteiger partial charge in [0.1, 0.15) is 0 Å². The van der Waals surface area contributed by atoms with Crippen LogP contribution in [0, 0.1) is 0 Å². The van der Waals surface area contributed by atoms with Gasteiger partial charge < -0.3 is 17.4 Å². The monoisotopic (exact) mass is 204 g/mol. The van der Waals surface area contributed by atoms with Gasteiger partial charge in [0.2, 0.25) is 0 Å². The van der Waals surface area contributed by atoms with Crippen LogP contribution >= 0.6 is 0 Å². The number of esters is 1. The molecule has 0 heterocycles. The summed E-state index contributed by atoms with van der Waals surface area (Å²) in [6.45, 7) is 2.15. The van der Waals surface area contributed by atoms with E-state index in [0.29, 0.717) is 17.1 Å². The molecule has 0 unspecified atom stereocenters. The van der Waals surface area contributed by atoms with Gasteiger partial charge in [-0.05, 0) is 13.0 Å². The Labute approximate surface area is 105 Å². The quantitative estimate of drug-likeness (QED) is 0.343. The third-order valence-corrected chi connectivity index (χ3v) is 1.74. The Morgan fingerprint density at radius 1 is 1.46 bits per heavy atom. The van der Waals surface area contributed by atoms with E-state index in [1.165, 1.54) is 0 Å². The van der Waals surface area contributed by atoms with E-state index in [9.17, 15) is 4.79 Å². The zero-order valence-corrected chi connectivity index (χ0v) is 10.6. The Bertz CT molecular complexity index is 289. The fraction of sp³-hybridized carbons (Fsp3) is 0.222. The summed E-state index contributed by atoms with van der Waals surface area (Å²) in [5, 5.41) is 0. The Balaban J connectivity index is 0.00000144. The maximum Gasteiger partial charge on any atom is 1.00 e. The van der Waals surface area contributed by atoms with Crippen molar-refractivity contribution in [1.29, 1.82) is 0 Å². The van der Waals surface area contributed by atoms with Gasteiger partial charge in [-0.25, -0.2) is 4.79 Å². The standard InChI is InChI=1S/C9H10O2S.Na/c1-2-11-9(10)7-5-3-4-6-8(7)12;/h3-6,12H,2H2,1H3;/q;+1/p-1. The molecule has 0 saturated carbocycles. The minimum atomic E-state index is -0.344. The topological polar surface area (TPSA) is 26.3 Å². The smallest absolute Gasteiger partial charge is 0.779 e. The van der Waals surface area contributed by atoms with E-state index < -0.39 is 0 Å². The molecule has 0 aromatic heterocycles. The van der Waals surface area contributed by atoms with Gasteiger partial charge in [0.05, 0.1) is 6.61 Å². The van der Waals surface area contributed by atoms with E-state index in [1.54, 1.807) is 31.2 Å². The normalized spacial score (nSPS) is 8.69. The second-order valence-electron chi connectivity index (χ2n) is 2.22. The molecule has 0 aliphatic heterocycles. The maximum atomic E-state index is 11.2. The molecular formula is C9H9NaO2S. The summed E-state index contributed by atoms with van der Waals surface area (Å²) in [7, 11) is 0. The molecule has 0 aliphatic rings. The third kappa shape index (κ3) is 3.65. The minimum absolute atomic E-state index is 0. The second kappa shape index (κ2) is 6.38. The Hall–Kier alpha value is -0.0900. The molecule has 0 bridgehead atoms. The molecule has 0 fully saturated rings. The molecule has 4 heteroatoms. The van der Waals surface area contributed by atoms with Gasteiger partial charge in [0.15, 0.2) is 0 Å². The van der Waals surface area contributed by atoms with Crippen LogP contribution in [0.4, 0.5) is 0 Å². The van der Waals surface area contributed by atoms with Crippen LogP contribution in [-0.4, -0.2) is 12.6 Å². The molecule has 1 aromatic rings. The largest absolute Gasteiger partial charge is 1.00 e. The van der Waals surface area contributed by atoms with Crippen molar-refractivity contribution >= 4 is 18.6 Å². The number of hydrogen-bond donors (Lipinski definition) is 0. The van der Waals surface area contributed by atoms with Crippen LogP contribution in [0.5, 0.6) is 0 Å². The number of carbonyl (C=O) groups is 1. The van der Waals surface area contributed by atoms with Crippen LogP contribution in [0.2, 0.25) is 0 Å². The molecule has 1 aromatic carbocycles. The van der Waals surface area contributed by atoms with Gasteiger partial charge in [-0.3, -0.25) is 0 Å². The van der Waals surface area contributed by atoms with Crippen LogP contribution in [-0.2, 0) is 17.4 Å². The Morgan fingerprint density at radius 2 is 2.08 bits per heavy atom. The van der Waals surface area contributed by atoms with Crippen molar-refractivity contribution in [3.8, 4) is 0 Å². The number of ether oxygens (including phenoxy) is 1. The molecular weight excluding hydrogens is 195 g/mol. The van der Waals surface area contributed by atoms with Crippen LogP contribution in [0.25, 0.3) is 0 Å². The van der Waals surface area contributed by atoms with E-state index >= 15 is 0 Å². The van der Waals surface area contributed by atoms with E-state index in [-0.39, 0.29) is 35.5 Å². The summed E-state index contributed by atoms with van der Waals surface area (Å²) in [6.07, 6.45) is 0. The van der Waals surface area contributed by atoms with Crippen LogP contribution in [0.15, 0.2) is 29.2 Å². The molecule has 13 heavy (non-hydrogen) atoms. The molecule has 1 rings (SSSR count). The first-order chi connectivity index (χ1) is 5.75. The average molecular weight is 204 g/mol. The number of rotatable bonds is 2. The van der Waals surface area contributed by atoms with Gasteiger partial charge in [0, 0.05) is 5.56 Å². The minimum Gasteiger partial charge on any atom is -0.779 e. The Kier molecular flexibility index (Phi) is 6.33. The van der Waals surface area contributed by atoms with Gasteiger partial charge in [-0.2, -0.15) is 4.90 Å². The zero-order chi connectivity index (χ0) is 8.97. The fourth-order valence-corrected chi connectivity index (χ4v) is 1.07. The molecule has 0 spiro atoms. The SMILES string of the molecule is CCOC(=O)c1ccccc1[S-].[Na+]. The first-order valence-corrected chi connectivity index (χ1v) is 4.09. The molecule has 64 valence electrons. The van der Waals surface area contributed by atoms with Crippen LogP contribution in [0.1, 0.15) is 17.3 Å². The van der Waals surface area contributed by atoms with Crippen molar-refractivity contribution < 1.29 is 39.1 Å². The summed E-state index contributed by atoms with van der Waals surface area (Å²) >= 11 is 4.94. The van der Waals surface area contributed by atoms with Crippen molar-refractivity contribution in [2.24, 2.45) is 0 Å². The molecule has 0 N–H and O–H groups in total. The number of carbonyl (C=O) groups excluding carboxylic acids is 1. The zero-order valence-electron chi connectivity index (χ0n) is 7.74. The first kappa shape index (κ1) is 12.9.